The Morgan fingerprint density at radius 1 is 1.13 bits per heavy atom. The molecule has 0 N–H and O–H groups in total. The number of hydrogen-bond acceptors (Lipinski definition) is 5. The van der Waals surface area contributed by atoms with Crippen molar-refractivity contribution < 1.29 is 17.9 Å². The van der Waals surface area contributed by atoms with E-state index in [9.17, 15) is 13.2 Å². The predicted molar refractivity (Wildman–Crippen MR) is 154 cm³/mol. The van der Waals surface area contributed by atoms with E-state index in [1.165, 1.54) is 17.7 Å². The first-order valence-electron chi connectivity index (χ1n) is 12.3. The molecule has 1 aliphatic carbocycles. The molecule has 2 aliphatic rings. The highest BCUT2D eigenvalue weighted by atomic mass is 35.5. The number of nitrogens with zero attached hydrogens (tertiary/aromatic N) is 3. The molecule has 1 aliphatic heterocycles. The van der Waals surface area contributed by atoms with Crippen molar-refractivity contribution in [2.75, 3.05) is 13.6 Å². The number of ether oxygens (including phenoxy) is 1. The van der Waals surface area contributed by atoms with Gasteiger partial charge in [0.25, 0.3) is 0 Å². The normalized spacial score (nSPS) is 18.6. The molecule has 0 fully saturated rings. The van der Waals surface area contributed by atoms with Crippen LogP contribution in [0.3, 0.4) is 0 Å². The van der Waals surface area contributed by atoms with Gasteiger partial charge in [-0.1, -0.05) is 65.8 Å². The highest BCUT2D eigenvalue weighted by molar-refractivity contribution is 7.80. The van der Waals surface area contributed by atoms with Gasteiger partial charge in [-0.25, -0.2) is 0 Å². The summed E-state index contributed by atoms with van der Waals surface area (Å²) in [6.07, 6.45) is -0.657. The molecule has 0 bridgehead atoms. The van der Waals surface area contributed by atoms with Crippen LogP contribution >= 0.6 is 35.4 Å². The Balaban J connectivity index is 1.25. The van der Waals surface area contributed by atoms with E-state index in [0.717, 1.165) is 45.7 Å². The number of benzene rings is 3. The number of fused-ring (bicyclic) bond motifs is 3. The second kappa shape index (κ2) is 11.3. The Morgan fingerprint density at radius 2 is 1.85 bits per heavy atom. The third kappa shape index (κ3) is 6.29. The molecule has 2 unspecified atom stereocenters. The van der Waals surface area contributed by atoms with E-state index in [2.05, 4.69) is 21.9 Å². The Hall–Kier alpha value is -2.94. The van der Waals surface area contributed by atoms with Gasteiger partial charge in [-0.3, -0.25) is 10.0 Å². The first-order chi connectivity index (χ1) is 18.6. The molecule has 202 valence electrons. The van der Waals surface area contributed by atoms with E-state index in [0.29, 0.717) is 23.0 Å². The number of thiocarbonyl (C=S) groups is 1. The molecule has 0 saturated carbocycles. The number of alkyl halides is 3. The SMILES string of the molecule is CN1N=C2c3ccc(C=NCC(=S)Cc4c(Cl)cccc4Cl)cc3CCC2C1c1ccc(OC(F)(F)F)cc1. The van der Waals surface area contributed by atoms with Crippen LogP contribution in [0.2, 0.25) is 10.0 Å². The third-order valence-electron chi connectivity index (χ3n) is 6.93. The lowest BCUT2D eigenvalue weighted by atomic mass is 9.77. The molecule has 1 heterocycles. The quantitative estimate of drug-likeness (QED) is 0.208. The average molecular weight is 590 g/mol. The lowest BCUT2D eigenvalue weighted by molar-refractivity contribution is -0.274. The average Bonchev–Trinajstić information content (AvgIpc) is 3.22. The van der Waals surface area contributed by atoms with Crippen molar-refractivity contribution in [3.63, 3.8) is 0 Å². The van der Waals surface area contributed by atoms with Crippen LogP contribution < -0.4 is 4.74 Å². The summed E-state index contributed by atoms with van der Waals surface area (Å²) >= 11 is 18.0. The summed E-state index contributed by atoms with van der Waals surface area (Å²) in [6.45, 7) is 0.391. The summed E-state index contributed by atoms with van der Waals surface area (Å²) in [7, 11) is 1.90. The zero-order chi connectivity index (χ0) is 27.7. The molecular formula is C29H24Cl2F3N3OS. The van der Waals surface area contributed by atoms with Gasteiger partial charge in [0.15, 0.2) is 0 Å². The van der Waals surface area contributed by atoms with Crippen LogP contribution in [0, 0.1) is 5.92 Å². The first-order valence-corrected chi connectivity index (χ1v) is 13.5. The molecule has 0 radical (unpaired) electrons. The Bertz CT molecular complexity index is 1440. The number of hydrazone groups is 1. The maximum Gasteiger partial charge on any atom is 0.573 e. The summed E-state index contributed by atoms with van der Waals surface area (Å²) in [4.78, 5) is 5.28. The van der Waals surface area contributed by atoms with E-state index in [-0.39, 0.29) is 17.7 Å². The second-order valence-electron chi connectivity index (χ2n) is 9.57. The fourth-order valence-corrected chi connectivity index (χ4v) is 6.00. The molecule has 39 heavy (non-hydrogen) atoms. The van der Waals surface area contributed by atoms with Gasteiger partial charge in [0, 0.05) is 46.1 Å². The van der Waals surface area contributed by atoms with Crippen LogP contribution in [-0.2, 0) is 12.8 Å². The van der Waals surface area contributed by atoms with Gasteiger partial charge < -0.3 is 4.74 Å². The van der Waals surface area contributed by atoms with Gasteiger partial charge >= 0.3 is 6.36 Å². The zero-order valence-corrected chi connectivity index (χ0v) is 23.2. The van der Waals surface area contributed by atoms with Crippen molar-refractivity contribution in [2.24, 2.45) is 16.0 Å². The minimum Gasteiger partial charge on any atom is -0.406 e. The van der Waals surface area contributed by atoms with E-state index < -0.39 is 6.36 Å². The minimum atomic E-state index is -4.71. The van der Waals surface area contributed by atoms with Gasteiger partial charge in [-0.2, -0.15) is 5.10 Å². The van der Waals surface area contributed by atoms with Crippen molar-refractivity contribution in [1.29, 1.82) is 0 Å². The Labute approximate surface area is 240 Å². The summed E-state index contributed by atoms with van der Waals surface area (Å²) in [5.41, 5.74) is 5.99. The van der Waals surface area contributed by atoms with Crippen molar-refractivity contribution in [1.82, 2.24) is 5.01 Å². The topological polar surface area (TPSA) is 37.2 Å². The molecule has 0 amide bonds. The van der Waals surface area contributed by atoms with E-state index >= 15 is 0 Å². The van der Waals surface area contributed by atoms with Crippen LogP contribution in [0.5, 0.6) is 5.75 Å². The van der Waals surface area contributed by atoms with Crippen LogP contribution in [0.1, 0.15) is 40.3 Å². The number of rotatable bonds is 7. The van der Waals surface area contributed by atoms with Crippen molar-refractivity contribution in [2.45, 2.75) is 31.7 Å². The van der Waals surface area contributed by atoms with Crippen LogP contribution in [0.4, 0.5) is 13.2 Å². The second-order valence-corrected chi connectivity index (χ2v) is 11.0. The molecule has 0 saturated heterocycles. The van der Waals surface area contributed by atoms with Gasteiger partial charge in [0.1, 0.15) is 5.75 Å². The monoisotopic (exact) mass is 589 g/mol. The Morgan fingerprint density at radius 3 is 2.54 bits per heavy atom. The predicted octanol–water partition coefficient (Wildman–Crippen LogP) is 7.88. The smallest absolute Gasteiger partial charge is 0.406 e. The van der Waals surface area contributed by atoms with Crippen molar-refractivity contribution in [3.8, 4) is 5.75 Å². The molecule has 3 aromatic carbocycles. The minimum absolute atomic E-state index is 0.0537. The zero-order valence-electron chi connectivity index (χ0n) is 20.9. The lowest BCUT2D eigenvalue weighted by Gasteiger charge is -2.29. The molecule has 4 nitrogen and oxygen atoms in total. The summed E-state index contributed by atoms with van der Waals surface area (Å²) in [6, 6.07) is 17.6. The molecule has 2 atom stereocenters. The highest BCUT2D eigenvalue weighted by Gasteiger charge is 2.40. The standard InChI is InChI=1S/C29H24Cl2F3N3OS/c1-37-28(18-6-9-20(10-7-18)38-29(32,33)34)23-12-8-19-13-17(5-11-22(19)27(23)36-37)15-35-16-21(39)14-24-25(30)3-2-4-26(24)31/h2-7,9-11,13,15,23,28H,8,12,14,16H2,1H3. The summed E-state index contributed by atoms with van der Waals surface area (Å²) < 4.78 is 41.6. The number of aryl methyl sites for hydroxylation is 1. The molecule has 5 rings (SSSR count). The molecule has 0 aromatic heterocycles. The lowest BCUT2D eigenvalue weighted by Crippen LogP contribution is -2.27. The van der Waals surface area contributed by atoms with Gasteiger partial charge in [0.2, 0.25) is 0 Å². The molecule has 3 aromatic rings. The maximum atomic E-state index is 12.5. The van der Waals surface area contributed by atoms with E-state index in [1.807, 2.05) is 24.3 Å². The Kier molecular flexibility index (Phi) is 7.99. The maximum absolute atomic E-state index is 12.5. The first kappa shape index (κ1) is 27.6. The fraction of sp³-hybridized carbons (Fsp3) is 0.276. The van der Waals surface area contributed by atoms with E-state index in [1.54, 1.807) is 30.3 Å². The van der Waals surface area contributed by atoms with E-state index in [4.69, 9.17) is 40.5 Å². The van der Waals surface area contributed by atoms with Crippen molar-refractivity contribution in [3.05, 3.63) is 98.5 Å². The van der Waals surface area contributed by atoms with Crippen LogP contribution in [0.15, 0.2) is 70.8 Å². The van der Waals surface area contributed by atoms with Crippen LogP contribution in [0.25, 0.3) is 0 Å². The number of hydrogen-bond donors (Lipinski definition) is 0. The largest absolute Gasteiger partial charge is 0.573 e. The summed E-state index contributed by atoms with van der Waals surface area (Å²) in [5, 5.41) is 7.91. The number of halogens is 5. The fourth-order valence-electron chi connectivity index (χ4n) is 5.25. The van der Waals surface area contributed by atoms with Gasteiger partial charge in [0.05, 0.1) is 18.3 Å². The van der Waals surface area contributed by atoms with Crippen molar-refractivity contribution >= 4 is 52.2 Å². The third-order valence-corrected chi connectivity index (χ3v) is 7.91. The highest BCUT2D eigenvalue weighted by Crippen LogP contribution is 2.43. The van der Waals surface area contributed by atoms with Gasteiger partial charge in [-0.05, 0) is 65.4 Å². The molecular weight excluding hydrogens is 566 g/mol. The molecule has 0 spiro atoms. The summed E-state index contributed by atoms with van der Waals surface area (Å²) in [5.74, 6) is -0.0879. The van der Waals surface area contributed by atoms with Gasteiger partial charge in [-0.15, -0.1) is 13.2 Å². The van der Waals surface area contributed by atoms with Crippen LogP contribution in [-0.4, -0.2) is 41.8 Å². The molecule has 10 heteroatoms. The number of aliphatic imine (C=N–C) groups is 1.